The molecule has 4 nitrogen and oxygen atoms in total. The lowest BCUT2D eigenvalue weighted by atomic mass is 9.80. The Bertz CT molecular complexity index is 1600. The first-order chi connectivity index (χ1) is 18.4. The van der Waals surface area contributed by atoms with Crippen molar-refractivity contribution in [2.45, 2.75) is 65.7 Å². The van der Waals surface area contributed by atoms with Crippen LogP contribution in [0.4, 0.5) is 34.1 Å². The molecule has 38 heavy (non-hydrogen) atoms. The van der Waals surface area contributed by atoms with Gasteiger partial charge in [-0.1, -0.05) is 44.2 Å². The average molecular weight is 503 g/mol. The van der Waals surface area contributed by atoms with Crippen molar-refractivity contribution in [3.8, 4) is 0 Å². The lowest BCUT2D eigenvalue weighted by molar-refractivity contribution is 0.427. The Morgan fingerprint density at radius 3 is 1.95 bits per heavy atom. The normalized spacial score (nSPS) is 21.9. The van der Waals surface area contributed by atoms with Crippen molar-refractivity contribution >= 4 is 44.9 Å². The number of benzene rings is 4. The van der Waals surface area contributed by atoms with Crippen molar-refractivity contribution in [3.63, 3.8) is 0 Å². The van der Waals surface area contributed by atoms with Gasteiger partial charge in [-0.2, -0.15) is 0 Å². The van der Waals surface area contributed by atoms with Crippen LogP contribution in [0.2, 0.25) is 0 Å². The fraction of sp³-hybridized carbons (Fsp3) is 0.353. The van der Waals surface area contributed by atoms with Crippen LogP contribution in [0.5, 0.6) is 0 Å². The molecule has 0 spiro atoms. The third-order valence-electron chi connectivity index (χ3n) is 9.41. The van der Waals surface area contributed by atoms with E-state index < -0.39 is 0 Å². The number of fused-ring (bicyclic) bond motifs is 10. The van der Waals surface area contributed by atoms with Crippen LogP contribution in [0.15, 0.2) is 60.7 Å². The van der Waals surface area contributed by atoms with Crippen molar-refractivity contribution in [1.82, 2.24) is 0 Å². The Kier molecular flexibility index (Phi) is 5.04. The Hall–Kier alpha value is -3.66. The highest BCUT2D eigenvalue weighted by molar-refractivity contribution is 6.05. The van der Waals surface area contributed by atoms with E-state index in [4.69, 9.17) is 0 Å². The Labute approximate surface area is 227 Å². The Morgan fingerprint density at radius 1 is 0.632 bits per heavy atom. The van der Waals surface area contributed by atoms with E-state index in [2.05, 4.69) is 115 Å². The lowest BCUT2D eigenvalue weighted by Gasteiger charge is -2.48. The van der Waals surface area contributed by atoms with E-state index in [-0.39, 0.29) is 0 Å². The summed E-state index contributed by atoms with van der Waals surface area (Å²) in [5.74, 6) is 0.542. The van der Waals surface area contributed by atoms with Gasteiger partial charge in [0.2, 0.25) is 0 Å². The molecule has 3 unspecified atom stereocenters. The van der Waals surface area contributed by atoms with E-state index >= 15 is 0 Å². The smallest absolute Gasteiger partial charge is 0.107 e. The molecule has 0 bridgehead atoms. The molecule has 4 aromatic rings. The maximum Gasteiger partial charge on any atom is 0.107 e. The van der Waals surface area contributed by atoms with Gasteiger partial charge in [-0.25, -0.2) is 0 Å². The molecule has 4 heterocycles. The second-order valence-corrected chi connectivity index (χ2v) is 11.4. The zero-order chi connectivity index (χ0) is 26.5. The summed E-state index contributed by atoms with van der Waals surface area (Å²) in [6.45, 7) is 10.7. The van der Waals surface area contributed by atoms with Crippen LogP contribution >= 0.6 is 0 Å². The quantitative estimate of drug-likeness (QED) is 0.239. The van der Waals surface area contributed by atoms with Gasteiger partial charge in [0.25, 0.3) is 0 Å². The maximum atomic E-state index is 2.64. The van der Waals surface area contributed by atoms with E-state index in [1.54, 1.807) is 5.56 Å². The summed E-state index contributed by atoms with van der Waals surface area (Å²) in [7, 11) is 4.59. The monoisotopic (exact) mass is 502 g/mol. The first kappa shape index (κ1) is 23.5. The van der Waals surface area contributed by atoms with Crippen LogP contribution in [0.1, 0.15) is 54.9 Å². The second-order valence-electron chi connectivity index (χ2n) is 11.4. The molecular weight excluding hydrogens is 464 g/mol. The van der Waals surface area contributed by atoms with Crippen LogP contribution in [-0.2, 0) is 0 Å². The number of anilines is 6. The number of hydrogen-bond acceptors (Lipinski definition) is 4. The number of aryl methyl sites for hydroxylation is 3. The van der Waals surface area contributed by atoms with Crippen molar-refractivity contribution < 1.29 is 0 Å². The topological polar surface area (TPSA) is 13.0 Å². The molecule has 4 aliphatic heterocycles. The standard InChI is InChI=1S/C32H32N4.C2H6/c1-18-12-27-31-22(16-29-33(4)25-14-19(2)20(3)15-26(25)36(29)28(31)13-18)17-30-34(5)32-23-9-7-6-8-21(23)10-11-24(32)35(27)30;1-2/h6-15,22,29-30H,16-17H2,1-5H3;1-2H3. The fourth-order valence-corrected chi connectivity index (χ4v) is 7.57. The first-order valence-corrected chi connectivity index (χ1v) is 14.2. The summed E-state index contributed by atoms with van der Waals surface area (Å²) >= 11 is 0. The average Bonchev–Trinajstić information content (AvgIpc) is 3.36. The predicted octanol–water partition coefficient (Wildman–Crippen LogP) is 8.51. The van der Waals surface area contributed by atoms with E-state index in [9.17, 15) is 0 Å². The largest absolute Gasteiger partial charge is 0.352 e. The SMILES string of the molecule is CC.Cc1cc2c3c(c1)N1c4ccc5ccccc5c4N(C)C1CC3CC1N(C)c3cc(C)c(C)cc3N21. The van der Waals surface area contributed by atoms with Crippen molar-refractivity contribution in [2.24, 2.45) is 0 Å². The molecule has 4 heteroatoms. The molecule has 4 aromatic carbocycles. The van der Waals surface area contributed by atoms with Crippen LogP contribution in [0.25, 0.3) is 10.8 Å². The third kappa shape index (κ3) is 2.92. The van der Waals surface area contributed by atoms with Crippen molar-refractivity contribution in [2.75, 3.05) is 33.7 Å². The summed E-state index contributed by atoms with van der Waals surface area (Å²) in [4.78, 5) is 10.4. The van der Waals surface area contributed by atoms with Gasteiger partial charge in [0, 0.05) is 36.4 Å². The molecule has 0 aromatic heterocycles. The first-order valence-electron chi connectivity index (χ1n) is 14.2. The minimum Gasteiger partial charge on any atom is -0.352 e. The molecule has 194 valence electrons. The fourth-order valence-electron chi connectivity index (χ4n) is 7.57. The van der Waals surface area contributed by atoms with E-state index in [1.165, 1.54) is 61.6 Å². The van der Waals surface area contributed by atoms with Gasteiger partial charge in [0.05, 0.1) is 22.7 Å². The summed E-state index contributed by atoms with van der Waals surface area (Å²) in [5, 5.41) is 2.67. The van der Waals surface area contributed by atoms with Crippen molar-refractivity contribution in [3.05, 3.63) is 82.9 Å². The maximum absolute atomic E-state index is 2.64. The van der Waals surface area contributed by atoms with Gasteiger partial charge in [0.1, 0.15) is 12.3 Å². The van der Waals surface area contributed by atoms with E-state index in [0.717, 1.165) is 12.8 Å². The minimum atomic E-state index is 0.350. The summed E-state index contributed by atoms with van der Waals surface area (Å²) in [5.41, 5.74) is 13.9. The molecule has 0 amide bonds. The number of hydrogen-bond donors (Lipinski definition) is 0. The van der Waals surface area contributed by atoms with E-state index in [1.807, 2.05) is 13.8 Å². The summed E-state index contributed by atoms with van der Waals surface area (Å²) in [6.07, 6.45) is 3.02. The summed E-state index contributed by atoms with van der Waals surface area (Å²) in [6, 6.07) is 23.2. The van der Waals surface area contributed by atoms with Gasteiger partial charge in [-0.15, -0.1) is 0 Å². The minimum absolute atomic E-state index is 0.350. The van der Waals surface area contributed by atoms with Gasteiger partial charge in [-0.05, 0) is 91.9 Å². The Morgan fingerprint density at radius 2 is 1.24 bits per heavy atom. The highest BCUT2D eigenvalue weighted by Crippen LogP contribution is 2.61. The Balaban J connectivity index is 0.00000118. The van der Waals surface area contributed by atoms with Crippen LogP contribution in [0.3, 0.4) is 0 Å². The molecule has 0 N–H and O–H groups in total. The lowest BCUT2D eigenvalue weighted by Crippen LogP contribution is -2.49. The number of rotatable bonds is 0. The summed E-state index contributed by atoms with van der Waals surface area (Å²) < 4.78 is 0. The highest BCUT2D eigenvalue weighted by Gasteiger charge is 2.49. The second kappa shape index (κ2) is 8.17. The van der Waals surface area contributed by atoms with Crippen molar-refractivity contribution in [1.29, 1.82) is 0 Å². The molecule has 0 radical (unpaired) electrons. The molecule has 0 saturated heterocycles. The van der Waals surface area contributed by atoms with Gasteiger partial charge >= 0.3 is 0 Å². The third-order valence-corrected chi connectivity index (χ3v) is 9.41. The zero-order valence-electron chi connectivity index (χ0n) is 23.7. The van der Waals surface area contributed by atoms with Crippen LogP contribution in [0, 0.1) is 20.8 Å². The molecule has 0 aliphatic carbocycles. The number of nitrogens with zero attached hydrogens (tertiary/aromatic N) is 4. The van der Waals surface area contributed by atoms with Crippen LogP contribution < -0.4 is 19.6 Å². The molecule has 8 rings (SSSR count). The van der Waals surface area contributed by atoms with Crippen LogP contribution in [-0.4, -0.2) is 26.4 Å². The molecule has 3 atom stereocenters. The van der Waals surface area contributed by atoms with Gasteiger partial charge in [-0.3, -0.25) is 0 Å². The highest BCUT2D eigenvalue weighted by atomic mass is 15.4. The molecule has 4 aliphatic rings. The van der Waals surface area contributed by atoms with E-state index in [0.29, 0.717) is 18.2 Å². The van der Waals surface area contributed by atoms with Gasteiger partial charge < -0.3 is 19.6 Å². The predicted molar refractivity (Wildman–Crippen MR) is 163 cm³/mol. The zero-order valence-corrected chi connectivity index (χ0v) is 23.7. The molecule has 0 saturated carbocycles. The molecule has 0 fully saturated rings. The molecular formula is C34H38N4. The van der Waals surface area contributed by atoms with Gasteiger partial charge in [0.15, 0.2) is 0 Å².